The Kier molecular flexibility index (Phi) is 4.33. The zero-order valence-corrected chi connectivity index (χ0v) is 13.0. The standard InChI is InChI=1S/C12H6Cl4O2S/c13-7-2-1-3-8(4-7)19(17,18)12-6-10(15)9(14)5-11(12)16/h1-6H. The van der Waals surface area contributed by atoms with Crippen LogP contribution in [0.25, 0.3) is 0 Å². The Labute approximate surface area is 130 Å². The monoisotopic (exact) mass is 354 g/mol. The van der Waals surface area contributed by atoms with Crippen LogP contribution in [-0.2, 0) is 9.84 Å². The van der Waals surface area contributed by atoms with Crippen LogP contribution in [0.5, 0.6) is 0 Å². The van der Waals surface area contributed by atoms with Gasteiger partial charge >= 0.3 is 0 Å². The van der Waals surface area contributed by atoms with Crippen molar-refractivity contribution in [3.8, 4) is 0 Å². The average molecular weight is 356 g/mol. The summed E-state index contributed by atoms with van der Waals surface area (Å²) in [6, 6.07) is 8.42. The fourth-order valence-electron chi connectivity index (χ4n) is 1.47. The average Bonchev–Trinajstić information content (AvgIpc) is 2.33. The summed E-state index contributed by atoms with van der Waals surface area (Å²) in [5.41, 5.74) is 0. The van der Waals surface area contributed by atoms with Crippen molar-refractivity contribution >= 4 is 56.2 Å². The van der Waals surface area contributed by atoms with Crippen molar-refractivity contribution in [2.75, 3.05) is 0 Å². The van der Waals surface area contributed by atoms with E-state index in [9.17, 15) is 8.42 Å². The van der Waals surface area contributed by atoms with Crippen LogP contribution in [0.4, 0.5) is 0 Å². The van der Waals surface area contributed by atoms with Gasteiger partial charge in [0.05, 0.1) is 24.9 Å². The normalized spacial score (nSPS) is 11.6. The van der Waals surface area contributed by atoms with Crippen molar-refractivity contribution in [1.82, 2.24) is 0 Å². The minimum atomic E-state index is -3.79. The fraction of sp³-hybridized carbons (Fsp3) is 0. The Bertz CT molecular complexity index is 741. The van der Waals surface area contributed by atoms with E-state index in [0.717, 1.165) is 0 Å². The smallest absolute Gasteiger partial charge is 0.208 e. The van der Waals surface area contributed by atoms with E-state index in [-0.39, 0.29) is 24.9 Å². The molecule has 0 radical (unpaired) electrons. The van der Waals surface area contributed by atoms with Crippen LogP contribution in [-0.4, -0.2) is 8.42 Å². The van der Waals surface area contributed by atoms with Gasteiger partial charge in [0.15, 0.2) is 0 Å². The summed E-state index contributed by atoms with van der Waals surface area (Å²) in [5, 5.41) is 0.634. The van der Waals surface area contributed by atoms with Crippen LogP contribution in [0.15, 0.2) is 46.2 Å². The molecule has 0 fully saturated rings. The molecule has 2 nitrogen and oxygen atoms in total. The van der Waals surface area contributed by atoms with E-state index in [4.69, 9.17) is 46.4 Å². The van der Waals surface area contributed by atoms with Crippen LogP contribution >= 0.6 is 46.4 Å². The lowest BCUT2D eigenvalue weighted by Crippen LogP contribution is -2.03. The van der Waals surface area contributed by atoms with E-state index in [1.807, 2.05) is 0 Å². The van der Waals surface area contributed by atoms with Crippen molar-refractivity contribution in [3.63, 3.8) is 0 Å². The summed E-state index contributed by atoms with van der Waals surface area (Å²) in [5.74, 6) is 0. The molecule has 0 aliphatic heterocycles. The highest BCUT2D eigenvalue weighted by atomic mass is 35.5. The van der Waals surface area contributed by atoms with Crippen molar-refractivity contribution in [1.29, 1.82) is 0 Å². The summed E-state index contributed by atoms with van der Waals surface area (Å²) in [6.45, 7) is 0. The molecule has 0 saturated heterocycles. The summed E-state index contributed by atoms with van der Waals surface area (Å²) >= 11 is 23.3. The van der Waals surface area contributed by atoms with Gasteiger partial charge in [-0.2, -0.15) is 0 Å². The van der Waals surface area contributed by atoms with Gasteiger partial charge in [-0.3, -0.25) is 0 Å². The van der Waals surface area contributed by atoms with Gasteiger partial charge in [-0.05, 0) is 30.3 Å². The Balaban J connectivity index is 2.67. The van der Waals surface area contributed by atoms with Crippen molar-refractivity contribution in [2.24, 2.45) is 0 Å². The third-order valence-corrected chi connectivity index (χ3v) is 5.54. The van der Waals surface area contributed by atoms with Crippen LogP contribution in [0, 0.1) is 0 Å². The maximum absolute atomic E-state index is 12.4. The van der Waals surface area contributed by atoms with Crippen molar-refractivity contribution in [3.05, 3.63) is 56.5 Å². The number of benzene rings is 2. The Hall–Kier alpha value is -0.450. The minimum Gasteiger partial charge on any atom is -0.218 e. The fourth-order valence-corrected chi connectivity index (χ4v) is 4.03. The molecule has 2 aromatic carbocycles. The van der Waals surface area contributed by atoms with Gasteiger partial charge in [0.25, 0.3) is 0 Å². The SMILES string of the molecule is O=S(=O)(c1cccc(Cl)c1)c1cc(Cl)c(Cl)cc1Cl. The third-order valence-electron chi connectivity index (χ3n) is 2.37. The molecule has 0 atom stereocenters. The first-order chi connectivity index (χ1) is 8.82. The van der Waals surface area contributed by atoms with Gasteiger partial charge < -0.3 is 0 Å². The van der Waals surface area contributed by atoms with E-state index in [1.54, 1.807) is 12.1 Å². The molecule has 0 heterocycles. The largest absolute Gasteiger partial charge is 0.218 e. The molecule has 100 valence electrons. The van der Waals surface area contributed by atoms with E-state index in [2.05, 4.69) is 0 Å². The van der Waals surface area contributed by atoms with Gasteiger partial charge in [-0.25, -0.2) is 8.42 Å². The predicted molar refractivity (Wildman–Crippen MR) is 78.4 cm³/mol. The van der Waals surface area contributed by atoms with Gasteiger partial charge in [0.2, 0.25) is 9.84 Å². The molecule has 2 aromatic rings. The molecule has 2 rings (SSSR count). The first kappa shape index (κ1) is 14.9. The molecule has 0 unspecified atom stereocenters. The molecule has 0 spiro atoms. The lowest BCUT2D eigenvalue weighted by Gasteiger charge is -2.08. The van der Waals surface area contributed by atoms with Crippen LogP contribution < -0.4 is 0 Å². The Morgan fingerprint density at radius 2 is 1.42 bits per heavy atom. The molecule has 19 heavy (non-hydrogen) atoms. The highest BCUT2D eigenvalue weighted by Crippen LogP contribution is 2.34. The van der Waals surface area contributed by atoms with Gasteiger partial charge in [-0.15, -0.1) is 0 Å². The van der Waals surface area contributed by atoms with Crippen molar-refractivity contribution in [2.45, 2.75) is 9.79 Å². The summed E-state index contributed by atoms with van der Waals surface area (Å²) in [7, 11) is -3.79. The zero-order valence-electron chi connectivity index (χ0n) is 9.20. The predicted octanol–water partition coefficient (Wildman–Crippen LogP) is 5.13. The summed E-state index contributed by atoms with van der Waals surface area (Å²) in [6.07, 6.45) is 0. The van der Waals surface area contributed by atoms with Crippen LogP contribution in [0.2, 0.25) is 20.1 Å². The number of rotatable bonds is 2. The topological polar surface area (TPSA) is 34.1 Å². The maximum Gasteiger partial charge on any atom is 0.208 e. The van der Waals surface area contributed by atoms with Crippen LogP contribution in [0.1, 0.15) is 0 Å². The molecule has 0 aliphatic carbocycles. The lowest BCUT2D eigenvalue weighted by atomic mass is 10.3. The molecular weight excluding hydrogens is 350 g/mol. The number of sulfone groups is 1. The highest BCUT2D eigenvalue weighted by molar-refractivity contribution is 7.91. The third kappa shape index (κ3) is 3.01. The number of halogens is 4. The van der Waals surface area contributed by atoms with Gasteiger partial charge in [0, 0.05) is 5.02 Å². The van der Waals surface area contributed by atoms with E-state index in [1.165, 1.54) is 24.3 Å². The Morgan fingerprint density at radius 3 is 2.05 bits per heavy atom. The highest BCUT2D eigenvalue weighted by Gasteiger charge is 2.22. The lowest BCUT2D eigenvalue weighted by molar-refractivity contribution is 0.596. The quantitative estimate of drug-likeness (QED) is 0.699. The first-order valence-electron chi connectivity index (χ1n) is 4.97. The maximum atomic E-state index is 12.4. The summed E-state index contributed by atoms with van der Waals surface area (Å²) < 4.78 is 24.9. The summed E-state index contributed by atoms with van der Waals surface area (Å²) in [4.78, 5) is -0.0638. The molecule has 0 aliphatic rings. The molecular formula is C12H6Cl4O2S. The molecule has 0 bridgehead atoms. The van der Waals surface area contributed by atoms with Crippen LogP contribution in [0.3, 0.4) is 0 Å². The van der Waals surface area contributed by atoms with E-state index >= 15 is 0 Å². The molecule has 7 heteroatoms. The number of hydrogen-bond donors (Lipinski definition) is 0. The van der Waals surface area contributed by atoms with Gasteiger partial charge in [0.1, 0.15) is 0 Å². The minimum absolute atomic E-state index is 0.00868. The molecule has 0 aromatic heterocycles. The second-order valence-electron chi connectivity index (χ2n) is 3.66. The molecule has 0 saturated carbocycles. The van der Waals surface area contributed by atoms with E-state index < -0.39 is 9.84 Å². The second-order valence-corrected chi connectivity index (χ2v) is 7.23. The van der Waals surface area contributed by atoms with E-state index in [0.29, 0.717) is 5.02 Å². The second kappa shape index (κ2) is 5.51. The molecule has 0 N–H and O–H groups in total. The van der Waals surface area contributed by atoms with Crippen molar-refractivity contribution < 1.29 is 8.42 Å². The van der Waals surface area contributed by atoms with Gasteiger partial charge in [-0.1, -0.05) is 52.5 Å². The number of hydrogen-bond acceptors (Lipinski definition) is 2. The molecule has 0 amide bonds. The first-order valence-corrected chi connectivity index (χ1v) is 7.97. The zero-order chi connectivity index (χ0) is 14.2. The Morgan fingerprint density at radius 1 is 0.789 bits per heavy atom.